The molecule has 0 aliphatic carbocycles. The molecule has 0 saturated carbocycles. The minimum atomic E-state index is -0.590. The van der Waals surface area contributed by atoms with Gasteiger partial charge in [0.05, 0.1) is 28.7 Å². The van der Waals surface area contributed by atoms with Crippen LogP contribution < -0.4 is 10.9 Å². The van der Waals surface area contributed by atoms with Crippen molar-refractivity contribution in [1.82, 2.24) is 20.2 Å². The number of rotatable bonds is 6. The molecule has 0 fully saturated rings. The predicted molar refractivity (Wildman–Crippen MR) is 132 cm³/mol. The number of nitrogens with one attached hydrogen (secondary N) is 3. The van der Waals surface area contributed by atoms with Crippen LogP contribution in [0.5, 0.6) is 0 Å². The number of anilines is 1. The first-order valence-electron chi connectivity index (χ1n) is 11.2. The lowest BCUT2D eigenvalue weighted by molar-refractivity contribution is 0.161. The van der Waals surface area contributed by atoms with E-state index in [4.69, 9.17) is 4.74 Å². The molecule has 0 aliphatic rings. The van der Waals surface area contributed by atoms with Crippen LogP contribution in [0.2, 0.25) is 0 Å². The molecule has 2 aromatic heterocycles. The topological polar surface area (TPSA) is 113 Å². The number of ether oxygens (including phenoxy) is 1. The van der Waals surface area contributed by atoms with E-state index in [1.54, 1.807) is 42.5 Å². The first-order valence-corrected chi connectivity index (χ1v) is 11.2. The highest BCUT2D eigenvalue weighted by Crippen LogP contribution is 2.28. The largest absolute Gasteiger partial charge is 0.449 e. The molecule has 0 saturated heterocycles. The Morgan fingerprint density at radius 3 is 2.74 bits per heavy atom. The van der Waals surface area contributed by atoms with Crippen LogP contribution >= 0.6 is 0 Å². The number of fused-ring (bicyclic) bond motifs is 2. The van der Waals surface area contributed by atoms with Gasteiger partial charge in [0, 0.05) is 17.4 Å². The summed E-state index contributed by atoms with van der Waals surface area (Å²) in [5.74, 6) is -0.114. The molecule has 2 heterocycles. The van der Waals surface area contributed by atoms with Crippen molar-refractivity contribution in [3.05, 3.63) is 88.1 Å². The van der Waals surface area contributed by atoms with Crippen molar-refractivity contribution in [2.45, 2.75) is 19.8 Å². The van der Waals surface area contributed by atoms with Gasteiger partial charge in [0.15, 0.2) is 0 Å². The Morgan fingerprint density at radius 1 is 1.09 bits per heavy atom. The van der Waals surface area contributed by atoms with E-state index >= 15 is 0 Å². The minimum Gasteiger partial charge on any atom is -0.449 e. The van der Waals surface area contributed by atoms with Gasteiger partial charge in [-0.05, 0) is 47.9 Å². The molecule has 9 heteroatoms. The van der Waals surface area contributed by atoms with Gasteiger partial charge in [-0.3, -0.25) is 10.1 Å². The van der Waals surface area contributed by atoms with Gasteiger partial charge in [-0.1, -0.05) is 37.3 Å². The fraction of sp³-hybridized carbons (Fsp3) is 0.154. The smallest absolute Gasteiger partial charge is 0.413 e. The summed E-state index contributed by atoms with van der Waals surface area (Å²) in [7, 11) is 0. The summed E-state index contributed by atoms with van der Waals surface area (Å²) in [4.78, 5) is 31.2. The minimum absolute atomic E-state index is 0.246. The van der Waals surface area contributed by atoms with Crippen LogP contribution in [-0.2, 0) is 11.2 Å². The number of H-pyrrole nitrogens is 2. The molecule has 5 rings (SSSR count). The highest BCUT2D eigenvalue weighted by molar-refractivity contribution is 5.88. The zero-order chi connectivity index (χ0) is 24.4. The van der Waals surface area contributed by atoms with Crippen molar-refractivity contribution in [3.63, 3.8) is 0 Å². The van der Waals surface area contributed by atoms with E-state index in [1.807, 2.05) is 19.1 Å². The molecule has 3 N–H and O–H groups in total. The molecule has 0 bridgehead atoms. The third kappa shape index (κ3) is 4.61. The SMILES string of the molecule is CCCOC(=O)Nc1nc2ccc(-c3cc(Cc4n[nH]c(=O)c5ccccc45)ccc3F)cc2[nH]1. The number of aromatic nitrogens is 4. The van der Waals surface area contributed by atoms with Crippen LogP contribution in [0.15, 0.2) is 65.5 Å². The van der Waals surface area contributed by atoms with E-state index in [0.29, 0.717) is 46.3 Å². The second-order valence-corrected chi connectivity index (χ2v) is 8.11. The second-order valence-electron chi connectivity index (χ2n) is 8.11. The standard InChI is InChI=1S/C26H22FN5O3/c1-2-11-35-26(34)30-25-28-21-10-8-16(14-23(21)29-25)19-12-15(7-9-20(19)27)13-22-17-5-3-4-6-18(17)24(33)32-31-22/h3-10,12,14H,2,11,13H2,1H3,(H,32,33)(H2,28,29,30,34). The number of hydrogen-bond acceptors (Lipinski definition) is 5. The Labute approximate surface area is 199 Å². The van der Waals surface area contributed by atoms with Gasteiger partial charge in [0.25, 0.3) is 5.56 Å². The predicted octanol–water partition coefficient (Wildman–Crippen LogP) is 5.15. The van der Waals surface area contributed by atoms with E-state index in [0.717, 1.165) is 17.4 Å². The van der Waals surface area contributed by atoms with Crippen molar-refractivity contribution in [3.8, 4) is 11.1 Å². The zero-order valence-electron chi connectivity index (χ0n) is 18.9. The lowest BCUT2D eigenvalue weighted by Crippen LogP contribution is -2.14. The molecule has 176 valence electrons. The summed E-state index contributed by atoms with van der Waals surface area (Å²) in [6, 6.07) is 17.5. The number of aromatic amines is 2. The van der Waals surface area contributed by atoms with E-state index in [9.17, 15) is 14.0 Å². The first kappa shape index (κ1) is 22.3. The molecule has 0 aliphatic heterocycles. The summed E-state index contributed by atoms with van der Waals surface area (Å²) in [6.45, 7) is 2.22. The Bertz CT molecular complexity index is 1610. The van der Waals surface area contributed by atoms with Crippen molar-refractivity contribution in [2.24, 2.45) is 0 Å². The van der Waals surface area contributed by atoms with Crippen LogP contribution in [0.25, 0.3) is 32.9 Å². The molecule has 8 nitrogen and oxygen atoms in total. The van der Waals surface area contributed by atoms with Gasteiger partial charge in [-0.2, -0.15) is 5.10 Å². The average Bonchev–Trinajstić information content (AvgIpc) is 3.27. The van der Waals surface area contributed by atoms with Gasteiger partial charge >= 0.3 is 6.09 Å². The zero-order valence-corrected chi connectivity index (χ0v) is 18.9. The van der Waals surface area contributed by atoms with E-state index in [-0.39, 0.29) is 17.3 Å². The van der Waals surface area contributed by atoms with Gasteiger partial charge < -0.3 is 9.72 Å². The summed E-state index contributed by atoms with van der Waals surface area (Å²) < 4.78 is 19.8. The third-order valence-electron chi connectivity index (χ3n) is 5.63. The number of benzene rings is 3. The number of nitrogens with zero attached hydrogens (tertiary/aromatic N) is 2. The van der Waals surface area contributed by atoms with Crippen molar-refractivity contribution >= 4 is 33.8 Å². The van der Waals surface area contributed by atoms with E-state index in [1.165, 1.54) is 6.07 Å². The Kier molecular flexibility index (Phi) is 5.97. The number of carbonyl (C=O) groups is 1. The van der Waals surface area contributed by atoms with Gasteiger partial charge in [0.1, 0.15) is 5.82 Å². The third-order valence-corrected chi connectivity index (χ3v) is 5.63. The van der Waals surface area contributed by atoms with Crippen LogP contribution in [0, 0.1) is 5.82 Å². The molecule has 0 atom stereocenters. The normalized spacial score (nSPS) is 11.1. The van der Waals surface area contributed by atoms with Crippen LogP contribution in [0.3, 0.4) is 0 Å². The maximum absolute atomic E-state index is 14.8. The summed E-state index contributed by atoms with van der Waals surface area (Å²) in [6.07, 6.45) is 0.550. The molecule has 0 radical (unpaired) electrons. The molecule has 1 amide bonds. The number of imidazole rings is 1. The lowest BCUT2D eigenvalue weighted by Gasteiger charge is -2.09. The summed E-state index contributed by atoms with van der Waals surface area (Å²) >= 11 is 0. The lowest BCUT2D eigenvalue weighted by atomic mass is 9.98. The molecule has 3 aromatic carbocycles. The average molecular weight is 471 g/mol. The van der Waals surface area contributed by atoms with Crippen molar-refractivity contribution < 1.29 is 13.9 Å². The Hall–Kier alpha value is -4.53. The Morgan fingerprint density at radius 2 is 1.91 bits per heavy atom. The van der Waals surface area contributed by atoms with Crippen molar-refractivity contribution in [2.75, 3.05) is 11.9 Å². The van der Waals surface area contributed by atoms with Gasteiger partial charge in [-0.25, -0.2) is 19.3 Å². The fourth-order valence-corrected chi connectivity index (χ4v) is 3.97. The van der Waals surface area contributed by atoms with Gasteiger partial charge in [-0.15, -0.1) is 0 Å². The monoisotopic (exact) mass is 471 g/mol. The quantitative estimate of drug-likeness (QED) is 0.317. The van der Waals surface area contributed by atoms with Crippen LogP contribution in [-0.4, -0.2) is 32.9 Å². The highest BCUT2D eigenvalue weighted by atomic mass is 19.1. The summed E-state index contributed by atoms with van der Waals surface area (Å²) in [5, 5.41) is 10.6. The number of carbonyl (C=O) groups excluding carboxylic acids is 1. The molecule has 35 heavy (non-hydrogen) atoms. The number of halogens is 1. The van der Waals surface area contributed by atoms with E-state index in [2.05, 4.69) is 25.5 Å². The maximum Gasteiger partial charge on any atom is 0.413 e. The molecule has 5 aromatic rings. The van der Waals surface area contributed by atoms with Crippen LogP contribution in [0.1, 0.15) is 24.6 Å². The second kappa shape index (κ2) is 9.38. The highest BCUT2D eigenvalue weighted by Gasteiger charge is 2.13. The fourth-order valence-electron chi connectivity index (χ4n) is 3.97. The molecule has 0 spiro atoms. The van der Waals surface area contributed by atoms with Crippen molar-refractivity contribution in [1.29, 1.82) is 0 Å². The molecular formula is C26H22FN5O3. The summed E-state index contributed by atoms with van der Waals surface area (Å²) in [5.41, 5.74) is 3.64. The van der Waals surface area contributed by atoms with Gasteiger partial charge in [0.2, 0.25) is 5.95 Å². The first-order chi connectivity index (χ1) is 17.0. The Balaban J connectivity index is 1.45. The molecular weight excluding hydrogens is 449 g/mol. The number of amides is 1. The van der Waals surface area contributed by atoms with E-state index < -0.39 is 6.09 Å². The van der Waals surface area contributed by atoms with Crippen LogP contribution in [0.4, 0.5) is 15.1 Å². The maximum atomic E-state index is 14.8. The molecule has 0 unspecified atom stereocenters. The number of hydrogen-bond donors (Lipinski definition) is 3.